The first-order chi connectivity index (χ1) is 14.2. The molecule has 0 unspecified atom stereocenters. The highest BCUT2D eigenvalue weighted by atomic mass is 19.4. The fourth-order valence-electron chi connectivity index (χ4n) is 3.87. The van der Waals surface area contributed by atoms with E-state index in [1.807, 2.05) is 0 Å². The smallest absolute Gasteiger partial charge is 0.345 e. The highest BCUT2D eigenvalue weighted by Gasteiger charge is 2.30. The van der Waals surface area contributed by atoms with Crippen molar-refractivity contribution in [3.63, 3.8) is 0 Å². The number of likely N-dealkylation sites (tertiary alicyclic amines) is 1. The van der Waals surface area contributed by atoms with Gasteiger partial charge >= 0.3 is 6.18 Å². The number of aryl methyl sites for hydroxylation is 1. The Kier molecular flexibility index (Phi) is 7.12. The van der Waals surface area contributed by atoms with Crippen molar-refractivity contribution in [2.75, 3.05) is 33.2 Å². The van der Waals surface area contributed by atoms with Crippen molar-refractivity contribution in [2.45, 2.75) is 38.8 Å². The molecule has 0 radical (unpaired) electrons. The van der Waals surface area contributed by atoms with Crippen molar-refractivity contribution in [1.82, 2.24) is 20.1 Å². The molecule has 1 amide bonds. The number of alkyl halides is 3. The standard InChI is InChI=1S/C21H27F3N4O2/c1-15-19(26-30-25-15)12-20(29)27(2)13-17-6-4-9-28(14-17)10-8-16-5-3-7-18(11-16)21(22,23)24/h3,5,7,11,17H,4,6,8-10,12-14H2,1-2H3/t17-/m0/s1. The minimum absolute atomic E-state index is 0.0325. The van der Waals surface area contributed by atoms with Gasteiger partial charge in [-0.3, -0.25) is 4.79 Å². The maximum absolute atomic E-state index is 12.9. The molecule has 164 valence electrons. The molecule has 1 aromatic carbocycles. The summed E-state index contributed by atoms with van der Waals surface area (Å²) in [5.74, 6) is 0.306. The SMILES string of the molecule is Cc1nonc1CC(=O)N(C)C[C@@H]1CCCN(CCc2cccc(C(F)(F)F)c2)C1. The second-order valence-corrected chi connectivity index (χ2v) is 8.00. The van der Waals surface area contributed by atoms with Gasteiger partial charge in [0.05, 0.1) is 12.0 Å². The van der Waals surface area contributed by atoms with Crippen LogP contribution in [0, 0.1) is 12.8 Å². The van der Waals surface area contributed by atoms with Gasteiger partial charge in [-0.25, -0.2) is 4.63 Å². The van der Waals surface area contributed by atoms with Gasteiger partial charge in [-0.1, -0.05) is 28.5 Å². The number of halogens is 3. The number of likely N-dealkylation sites (N-methyl/N-ethyl adjacent to an activating group) is 1. The quantitative estimate of drug-likeness (QED) is 0.682. The Morgan fingerprint density at radius 3 is 2.83 bits per heavy atom. The van der Waals surface area contributed by atoms with Crippen LogP contribution in [0.25, 0.3) is 0 Å². The number of rotatable bonds is 7. The monoisotopic (exact) mass is 424 g/mol. The molecule has 6 nitrogen and oxygen atoms in total. The van der Waals surface area contributed by atoms with E-state index in [0.29, 0.717) is 42.4 Å². The molecule has 1 aliphatic heterocycles. The second-order valence-electron chi connectivity index (χ2n) is 8.00. The molecule has 1 fully saturated rings. The third kappa shape index (κ3) is 6.04. The van der Waals surface area contributed by atoms with E-state index in [2.05, 4.69) is 19.8 Å². The number of piperidine rings is 1. The van der Waals surface area contributed by atoms with Gasteiger partial charge < -0.3 is 9.80 Å². The molecule has 1 aliphatic rings. The van der Waals surface area contributed by atoms with E-state index in [9.17, 15) is 18.0 Å². The molecule has 30 heavy (non-hydrogen) atoms. The molecule has 0 bridgehead atoms. The van der Waals surface area contributed by atoms with Crippen LogP contribution in [-0.2, 0) is 23.8 Å². The van der Waals surface area contributed by atoms with Crippen LogP contribution >= 0.6 is 0 Å². The average Bonchev–Trinajstić information content (AvgIpc) is 3.10. The van der Waals surface area contributed by atoms with Crippen molar-refractivity contribution in [2.24, 2.45) is 5.92 Å². The van der Waals surface area contributed by atoms with Gasteiger partial charge in [0.1, 0.15) is 11.4 Å². The summed E-state index contributed by atoms with van der Waals surface area (Å²) >= 11 is 0. The number of hydrogen-bond donors (Lipinski definition) is 0. The first-order valence-electron chi connectivity index (χ1n) is 10.1. The van der Waals surface area contributed by atoms with E-state index in [-0.39, 0.29) is 12.3 Å². The summed E-state index contributed by atoms with van der Waals surface area (Å²) in [5.41, 5.74) is 1.26. The lowest BCUT2D eigenvalue weighted by Crippen LogP contribution is -2.42. The maximum atomic E-state index is 12.9. The Morgan fingerprint density at radius 1 is 1.33 bits per heavy atom. The zero-order chi connectivity index (χ0) is 21.7. The minimum atomic E-state index is -4.32. The molecule has 0 saturated carbocycles. The molecule has 3 rings (SSSR count). The molecule has 1 atom stereocenters. The van der Waals surface area contributed by atoms with Crippen LogP contribution in [0.1, 0.15) is 35.4 Å². The predicted octanol–water partition coefficient (Wildman–Crippen LogP) is 3.35. The van der Waals surface area contributed by atoms with Gasteiger partial charge in [-0.05, 0) is 50.3 Å². The highest BCUT2D eigenvalue weighted by Crippen LogP contribution is 2.29. The molecule has 0 N–H and O–H groups in total. The first-order valence-corrected chi connectivity index (χ1v) is 10.1. The fraction of sp³-hybridized carbons (Fsp3) is 0.571. The van der Waals surface area contributed by atoms with Crippen LogP contribution in [0.5, 0.6) is 0 Å². The van der Waals surface area contributed by atoms with Crippen LogP contribution in [0.15, 0.2) is 28.9 Å². The van der Waals surface area contributed by atoms with Gasteiger partial charge in [-0.2, -0.15) is 13.2 Å². The summed E-state index contributed by atoms with van der Waals surface area (Å²) in [6.45, 7) is 4.86. The maximum Gasteiger partial charge on any atom is 0.416 e. The van der Waals surface area contributed by atoms with Gasteiger partial charge in [0, 0.05) is 26.7 Å². The Hall–Kier alpha value is -2.42. The lowest BCUT2D eigenvalue weighted by Gasteiger charge is -2.34. The predicted molar refractivity (Wildman–Crippen MR) is 105 cm³/mol. The molecule has 0 aliphatic carbocycles. The molecule has 1 saturated heterocycles. The largest absolute Gasteiger partial charge is 0.416 e. The summed E-state index contributed by atoms with van der Waals surface area (Å²) in [6, 6.07) is 5.53. The van der Waals surface area contributed by atoms with E-state index in [1.165, 1.54) is 12.1 Å². The molecular formula is C21H27F3N4O2. The number of carbonyl (C=O) groups excluding carboxylic acids is 1. The van der Waals surface area contributed by atoms with Crippen molar-refractivity contribution in [3.8, 4) is 0 Å². The van der Waals surface area contributed by atoms with Gasteiger partial charge in [0.2, 0.25) is 5.91 Å². The van der Waals surface area contributed by atoms with Crippen molar-refractivity contribution in [1.29, 1.82) is 0 Å². The number of carbonyl (C=O) groups is 1. The number of benzene rings is 1. The first kappa shape index (κ1) is 22.3. The van der Waals surface area contributed by atoms with E-state index >= 15 is 0 Å². The molecule has 9 heteroatoms. The molecular weight excluding hydrogens is 397 g/mol. The Morgan fingerprint density at radius 2 is 2.13 bits per heavy atom. The van der Waals surface area contributed by atoms with Crippen molar-refractivity contribution < 1.29 is 22.6 Å². The topological polar surface area (TPSA) is 62.5 Å². The van der Waals surface area contributed by atoms with Crippen LogP contribution in [0.3, 0.4) is 0 Å². The van der Waals surface area contributed by atoms with E-state index < -0.39 is 11.7 Å². The molecule has 2 aromatic rings. The summed E-state index contributed by atoms with van der Waals surface area (Å²) in [5, 5.41) is 7.45. The van der Waals surface area contributed by atoms with E-state index in [4.69, 9.17) is 0 Å². The second kappa shape index (κ2) is 9.59. The number of amides is 1. The minimum Gasteiger partial charge on any atom is -0.345 e. The number of aromatic nitrogens is 2. The van der Waals surface area contributed by atoms with Crippen LogP contribution in [-0.4, -0.2) is 59.2 Å². The molecule has 0 spiro atoms. The van der Waals surface area contributed by atoms with Crippen LogP contribution in [0.2, 0.25) is 0 Å². The summed E-state index contributed by atoms with van der Waals surface area (Å²) < 4.78 is 43.3. The lowest BCUT2D eigenvalue weighted by molar-refractivity contribution is -0.137. The zero-order valence-corrected chi connectivity index (χ0v) is 17.3. The van der Waals surface area contributed by atoms with Gasteiger partial charge in [0.15, 0.2) is 0 Å². The fourth-order valence-corrected chi connectivity index (χ4v) is 3.87. The van der Waals surface area contributed by atoms with E-state index in [1.54, 1.807) is 24.9 Å². The van der Waals surface area contributed by atoms with Crippen molar-refractivity contribution in [3.05, 3.63) is 46.8 Å². The van der Waals surface area contributed by atoms with E-state index in [0.717, 1.165) is 32.0 Å². The summed E-state index contributed by atoms with van der Waals surface area (Å²) in [4.78, 5) is 16.4. The molecule has 2 heterocycles. The third-order valence-corrected chi connectivity index (χ3v) is 5.60. The summed E-state index contributed by atoms with van der Waals surface area (Å²) in [7, 11) is 1.78. The average molecular weight is 424 g/mol. The highest BCUT2D eigenvalue weighted by molar-refractivity contribution is 5.78. The van der Waals surface area contributed by atoms with Crippen LogP contribution < -0.4 is 0 Å². The Balaban J connectivity index is 1.48. The Labute approximate surface area is 174 Å². The zero-order valence-electron chi connectivity index (χ0n) is 17.3. The van der Waals surface area contributed by atoms with Crippen molar-refractivity contribution >= 4 is 5.91 Å². The lowest BCUT2D eigenvalue weighted by atomic mass is 9.96. The van der Waals surface area contributed by atoms with Gasteiger partial charge in [0.25, 0.3) is 0 Å². The van der Waals surface area contributed by atoms with Gasteiger partial charge in [-0.15, -0.1) is 0 Å². The number of hydrogen-bond acceptors (Lipinski definition) is 5. The summed E-state index contributed by atoms with van der Waals surface area (Å²) in [6.07, 6.45) is -1.53. The number of nitrogens with zero attached hydrogens (tertiary/aromatic N) is 4. The normalized spacial score (nSPS) is 17.8. The molecule has 1 aromatic heterocycles. The Bertz CT molecular complexity index is 853. The third-order valence-electron chi connectivity index (χ3n) is 5.60. The van der Waals surface area contributed by atoms with Crippen LogP contribution in [0.4, 0.5) is 13.2 Å².